The molecule has 0 unspecified atom stereocenters. The molecule has 5 atom stereocenters. The van der Waals surface area contributed by atoms with Gasteiger partial charge >= 0.3 is 0 Å². The largest absolute Gasteiger partial charge is 0.381 e. The summed E-state index contributed by atoms with van der Waals surface area (Å²) in [7, 11) is 1.89. The third-order valence-corrected chi connectivity index (χ3v) is 9.18. The van der Waals surface area contributed by atoms with E-state index in [9.17, 15) is 14.7 Å². The summed E-state index contributed by atoms with van der Waals surface area (Å²) >= 11 is 1.55. The molecular weight excluding hydrogens is 358 g/mol. The van der Waals surface area contributed by atoms with Gasteiger partial charge in [-0.15, -0.1) is 11.8 Å². The highest BCUT2D eigenvalue weighted by molar-refractivity contribution is 8.01. The third-order valence-electron chi connectivity index (χ3n) is 7.40. The predicted octanol–water partition coefficient (Wildman–Crippen LogP) is 2.57. The summed E-state index contributed by atoms with van der Waals surface area (Å²) in [6.07, 6.45) is 0.605. The van der Waals surface area contributed by atoms with Gasteiger partial charge in [-0.2, -0.15) is 0 Å². The van der Waals surface area contributed by atoms with Crippen LogP contribution in [0.2, 0.25) is 0 Å². The molecule has 2 aromatic carbocycles. The number of benzene rings is 2. The minimum absolute atomic E-state index is 0.0519. The topological polar surface area (TPSA) is 57.6 Å². The van der Waals surface area contributed by atoms with Crippen molar-refractivity contribution in [1.82, 2.24) is 4.90 Å². The van der Waals surface area contributed by atoms with E-state index in [0.29, 0.717) is 24.1 Å². The number of Topliss-reactive ketones (excluding diaryl/α,β-unsaturated/α-hetero) is 2. The van der Waals surface area contributed by atoms with Crippen molar-refractivity contribution in [2.45, 2.75) is 28.1 Å². The van der Waals surface area contributed by atoms with Crippen LogP contribution in [0.5, 0.6) is 0 Å². The van der Waals surface area contributed by atoms with Gasteiger partial charge in [-0.05, 0) is 24.6 Å². The average molecular weight is 377 g/mol. The minimum Gasteiger partial charge on any atom is -0.381 e. The predicted molar refractivity (Wildman–Crippen MR) is 103 cm³/mol. The van der Waals surface area contributed by atoms with Crippen molar-refractivity contribution < 1.29 is 14.7 Å². The second-order valence-corrected chi connectivity index (χ2v) is 9.38. The summed E-state index contributed by atoms with van der Waals surface area (Å²) in [5, 5.41) is 11.4. The molecule has 1 saturated carbocycles. The molecule has 2 aromatic rings. The summed E-state index contributed by atoms with van der Waals surface area (Å²) in [6.45, 7) is 0.629. The molecular formula is C22H19NO3S. The van der Waals surface area contributed by atoms with Crippen LogP contribution in [0.4, 0.5) is 0 Å². The normalized spacial score (nSPS) is 41.7. The molecule has 6 rings (SSSR count). The Kier molecular flexibility index (Phi) is 2.80. The Morgan fingerprint density at radius 1 is 1.04 bits per heavy atom. The molecule has 5 heteroatoms. The number of carbonyl (C=O) groups excluding carboxylic acids is 2. The third kappa shape index (κ3) is 1.35. The summed E-state index contributed by atoms with van der Waals surface area (Å²) < 4.78 is 0. The number of likely N-dealkylation sites (tertiary alicyclic amines) is 1. The Hall–Kier alpha value is -1.95. The second-order valence-electron chi connectivity index (χ2n) is 8.17. The van der Waals surface area contributed by atoms with Gasteiger partial charge in [-0.1, -0.05) is 54.6 Å². The van der Waals surface area contributed by atoms with Crippen LogP contribution < -0.4 is 0 Å². The molecule has 4 nitrogen and oxygen atoms in total. The van der Waals surface area contributed by atoms with Gasteiger partial charge in [-0.25, -0.2) is 0 Å². The number of thioether (sulfide) groups is 1. The number of fused-ring (bicyclic) bond motifs is 4. The van der Waals surface area contributed by atoms with E-state index in [2.05, 4.69) is 0 Å². The molecule has 2 saturated heterocycles. The van der Waals surface area contributed by atoms with Crippen molar-refractivity contribution in [1.29, 1.82) is 0 Å². The number of aliphatic hydroxyl groups is 1. The molecule has 2 aliphatic carbocycles. The first-order valence-electron chi connectivity index (χ1n) is 9.34. The van der Waals surface area contributed by atoms with Crippen LogP contribution in [0.3, 0.4) is 0 Å². The van der Waals surface area contributed by atoms with Gasteiger partial charge in [0.1, 0.15) is 11.1 Å². The Balaban J connectivity index is 1.69. The molecule has 2 aliphatic heterocycles. The van der Waals surface area contributed by atoms with E-state index in [1.165, 1.54) is 0 Å². The minimum atomic E-state index is -1.46. The maximum Gasteiger partial charge on any atom is 0.187 e. The van der Waals surface area contributed by atoms with Crippen LogP contribution in [-0.4, -0.2) is 46.0 Å². The van der Waals surface area contributed by atoms with E-state index in [0.717, 1.165) is 5.56 Å². The first kappa shape index (κ1) is 16.0. The fraction of sp³-hybridized carbons (Fsp3) is 0.364. The van der Waals surface area contributed by atoms with Gasteiger partial charge in [0.15, 0.2) is 11.6 Å². The van der Waals surface area contributed by atoms with Gasteiger partial charge in [0, 0.05) is 17.4 Å². The van der Waals surface area contributed by atoms with Gasteiger partial charge in [0.2, 0.25) is 0 Å². The maximum absolute atomic E-state index is 13.8. The zero-order valence-corrected chi connectivity index (χ0v) is 15.7. The first-order chi connectivity index (χ1) is 13.0. The van der Waals surface area contributed by atoms with Crippen molar-refractivity contribution in [3.63, 3.8) is 0 Å². The summed E-state index contributed by atoms with van der Waals surface area (Å²) in [5.41, 5.74) is -1.27. The second kappa shape index (κ2) is 4.72. The number of hydrogen-bond donors (Lipinski definition) is 1. The van der Waals surface area contributed by atoms with Crippen molar-refractivity contribution in [2.24, 2.45) is 5.41 Å². The quantitative estimate of drug-likeness (QED) is 0.828. The lowest BCUT2D eigenvalue weighted by Gasteiger charge is -2.51. The monoisotopic (exact) mass is 377 g/mol. The first-order valence-corrected chi connectivity index (χ1v) is 10.3. The van der Waals surface area contributed by atoms with Crippen LogP contribution in [0, 0.1) is 5.41 Å². The van der Waals surface area contributed by atoms with E-state index in [1.54, 1.807) is 17.8 Å². The van der Waals surface area contributed by atoms with Gasteiger partial charge in [0.25, 0.3) is 0 Å². The Bertz CT molecular complexity index is 1020. The smallest absolute Gasteiger partial charge is 0.187 e. The molecule has 4 aliphatic rings. The fourth-order valence-corrected chi connectivity index (χ4v) is 8.58. The summed E-state index contributed by atoms with van der Waals surface area (Å²) in [5.74, 6) is -0.0336. The molecule has 27 heavy (non-hydrogen) atoms. The van der Waals surface area contributed by atoms with E-state index in [-0.39, 0.29) is 16.8 Å². The van der Waals surface area contributed by atoms with E-state index in [4.69, 9.17) is 0 Å². The van der Waals surface area contributed by atoms with E-state index < -0.39 is 21.8 Å². The Morgan fingerprint density at radius 2 is 1.74 bits per heavy atom. The number of rotatable bonds is 1. The van der Waals surface area contributed by atoms with Gasteiger partial charge in [0.05, 0.1) is 10.7 Å². The van der Waals surface area contributed by atoms with E-state index >= 15 is 0 Å². The number of ketones is 2. The molecule has 2 bridgehead atoms. The standard InChI is InChI=1S/C22H19NO3S/c1-23-12-11-20-17(25)19(27-18(20)13-7-3-2-4-8-13)21(26)15-10-6-5-9-14(15)16(24)22(20,21)23/h2-10,18-19,26H,11-12H2,1H3/t18-,19+,20+,21-,22+/m1/s1. The Morgan fingerprint density at radius 3 is 2.52 bits per heavy atom. The summed E-state index contributed by atoms with van der Waals surface area (Å²) in [4.78, 5) is 29.5. The van der Waals surface area contributed by atoms with Crippen LogP contribution in [-0.2, 0) is 10.4 Å². The molecule has 0 radical (unpaired) electrons. The zero-order valence-electron chi connectivity index (χ0n) is 14.9. The van der Waals surface area contributed by atoms with Crippen molar-refractivity contribution in [3.05, 3.63) is 71.3 Å². The molecule has 136 valence electrons. The van der Waals surface area contributed by atoms with Crippen molar-refractivity contribution in [3.8, 4) is 0 Å². The van der Waals surface area contributed by atoms with Crippen LogP contribution in [0.25, 0.3) is 0 Å². The Labute approximate surface area is 161 Å². The summed E-state index contributed by atoms with van der Waals surface area (Å²) in [6, 6.07) is 17.3. The highest BCUT2D eigenvalue weighted by atomic mass is 32.2. The highest BCUT2D eigenvalue weighted by Crippen LogP contribution is 2.79. The molecule has 0 aromatic heterocycles. The van der Waals surface area contributed by atoms with Gasteiger partial charge < -0.3 is 5.11 Å². The molecule has 2 heterocycles. The number of carbonyl (C=O) groups is 2. The number of hydrogen-bond acceptors (Lipinski definition) is 5. The van der Waals surface area contributed by atoms with Crippen LogP contribution in [0.1, 0.15) is 33.2 Å². The lowest BCUT2D eigenvalue weighted by Crippen LogP contribution is -2.67. The van der Waals surface area contributed by atoms with Crippen LogP contribution in [0.15, 0.2) is 54.6 Å². The van der Waals surface area contributed by atoms with Crippen molar-refractivity contribution in [2.75, 3.05) is 13.6 Å². The SMILES string of the molecule is CN1CC[C@]23C(=O)[C@H](S[C@@H]2c2ccccc2)[C@]2(O)c4ccccc4C(=O)[C@]132. The maximum atomic E-state index is 13.8. The van der Waals surface area contributed by atoms with E-state index in [1.807, 2.05) is 60.5 Å². The van der Waals surface area contributed by atoms with Crippen molar-refractivity contribution >= 4 is 23.3 Å². The fourth-order valence-electron chi connectivity index (χ4n) is 6.53. The molecule has 3 fully saturated rings. The van der Waals surface area contributed by atoms with Gasteiger partial charge in [-0.3, -0.25) is 14.5 Å². The zero-order chi connectivity index (χ0) is 18.6. The molecule has 2 spiro atoms. The molecule has 1 N–H and O–H groups in total. The molecule has 0 amide bonds. The number of likely N-dealkylation sites (N-methyl/N-ethyl adjacent to an activating group) is 1. The lowest BCUT2D eigenvalue weighted by atomic mass is 9.63. The lowest BCUT2D eigenvalue weighted by molar-refractivity contribution is -0.126. The average Bonchev–Trinajstić information content (AvgIpc) is 3.30. The highest BCUT2D eigenvalue weighted by Gasteiger charge is 2.90. The number of nitrogens with zero attached hydrogens (tertiary/aromatic N) is 1. The van der Waals surface area contributed by atoms with Crippen LogP contribution >= 0.6 is 11.8 Å².